The van der Waals surface area contributed by atoms with Crippen LogP contribution in [0.3, 0.4) is 0 Å². The van der Waals surface area contributed by atoms with Crippen LogP contribution in [0, 0.1) is 17.8 Å². The van der Waals surface area contributed by atoms with Gasteiger partial charge in [0.1, 0.15) is 0 Å². The normalized spacial score (nSPS) is 50.9. The van der Waals surface area contributed by atoms with Crippen molar-refractivity contribution in [3.63, 3.8) is 0 Å². The average Bonchev–Trinajstić information content (AvgIpc) is 3.10. The van der Waals surface area contributed by atoms with Gasteiger partial charge in [0.15, 0.2) is 0 Å². The molecule has 4 rings (SSSR count). The van der Waals surface area contributed by atoms with Crippen molar-refractivity contribution in [2.24, 2.45) is 23.5 Å². The summed E-state index contributed by atoms with van der Waals surface area (Å²) in [6.07, 6.45) is 9.57. The minimum absolute atomic E-state index is 0.0954. The molecule has 0 aromatic heterocycles. The van der Waals surface area contributed by atoms with Crippen molar-refractivity contribution in [2.75, 3.05) is 13.2 Å². The van der Waals surface area contributed by atoms with Crippen LogP contribution in [0.25, 0.3) is 0 Å². The molecule has 4 nitrogen and oxygen atoms in total. The van der Waals surface area contributed by atoms with Gasteiger partial charge in [-0.1, -0.05) is 0 Å². The molecule has 0 aromatic carbocycles. The number of hydrogen-bond donors (Lipinski definition) is 2. The van der Waals surface area contributed by atoms with Crippen molar-refractivity contribution in [1.29, 1.82) is 0 Å². The molecule has 1 amide bonds. The lowest BCUT2D eigenvalue weighted by Gasteiger charge is -2.47. The van der Waals surface area contributed by atoms with Crippen LogP contribution in [0.4, 0.5) is 0 Å². The maximum absolute atomic E-state index is 11.5. The Morgan fingerprint density at radius 1 is 1.15 bits per heavy atom. The van der Waals surface area contributed by atoms with Gasteiger partial charge in [0.25, 0.3) is 0 Å². The van der Waals surface area contributed by atoms with Gasteiger partial charge in [-0.25, -0.2) is 0 Å². The summed E-state index contributed by atoms with van der Waals surface area (Å²) >= 11 is 0. The third-order valence-electron chi connectivity index (χ3n) is 6.59. The van der Waals surface area contributed by atoms with E-state index in [0.29, 0.717) is 0 Å². The van der Waals surface area contributed by atoms with Crippen LogP contribution in [-0.4, -0.2) is 30.2 Å². The highest BCUT2D eigenvalue weighted by atomic mass is 16.5. The smallest absolute Gasteiger partial charge is 0.220 e. The van der Waals surface area contributed by atoms with Crippen molar-refractivity contribution in [1.82, 2.24) is 5.32 Å². The molecule has 112 valence electrons. The number of primary amides is 1. The van der Waals surface area contributed by atoms with Crippen LogP contribution in [0.15, 0.2) is 0 Å². The fraction of sp³-hybridized carbons (Fsp3) is 0.938. The molecule has 4 aliphatic rings. The molecule has 2 aliphatic heterocycles. The lowest BCUT2D eigenvalue weighted by molar-refractivity contribution is -0.171. The van der Waals surface area contributed by atoms with E-state index in [1.807, 2.05) is 0 Å². The van der Waals surface area contributed by atoms with Crippen LogP contribution < -0.4 is 11.1 Å². The minimum Gasteiger partial charge on any atom is -0.375 e. The number of hydrogen-bond acceptors (Lipinski definition) is 3. The molecule has 2 aliphatic carbocycles. The summed E-state index contributed by atoms with van der Waals surface area (Å²) in [7, 11) is 0. The number of nitrogens with one attached hydrogen (secondary N) is 1. The molecule has 0 bridgehead atoms. The second-order valence-electron chi connectivity index (χ2n) is 7.60. The van der Waals surface area contributed by atoms with Crippen molar-refractivity contribution in [3.8, 4) is 0 Å². The number of piperidine rings is 1. The standard InChI is InChI=1S/C16H26N2O2/c17-14(19)12-3-7-18-16(9-12)10-13(16)11-1-4-15(5-2-11)6-8-20-15/h11-13,18H,1-10H2,(H2,17,19). The highest BCUT2D eigenvalue weighted by Gasteiger charge is 2.60. The first-order valence-corrected chi connectivity index (χ1v) is 8.31. The van der Waals surface area contributed by atoms with E-state index in [2.05, 4.69) is 5.32 Å². The molecule has 20 heavy (non-hydrogen) atoms. The summed E-state index contributed by atoms with van der Waals surface area (Å²) < 4.78 is 5.82. The van der Waals surface area contributed by atoms with Crippen molar-refractivity contribution >= 4 is 5.91 Å². The molecule has 4 fully saturated rings. The molecule has 0 aromatic rings. The summed E-state index contributed by atoms with van der Waals surface area (Å²) in [5.74, 6) is 1.62. The monoisotopic (exact) mass is 278 g/mol. The quantitative estimate of drug-likeness (QED) is 0.806. The van der Waals surface area contributed by atoms with E-state index in [4.69, 9.17) is 10.5 Å². The Bertz CT molecular complexity index is 411. The number of rotatable bonds is 2. The topological polar surface area (TPSA) is 64.4 Å². The Hall–Kier alpha value is -0.610. The molecule has 3 N–H and O–H groups in total. The van der Waals surface area contributed by atoms with Gasteiger partial charge in [0, 0.05) is 11.5 Å². The van der Waals surface area contributed by atoms with E-state index in [0.717, 1.165) is 37.8 Å². The van der Waals surface area contributed by atoms with Crippen molar-refractivity contribution < 1.29 is 9.53 Å². The first-order chi connectivity index (χ1) is 9.63. The summed E-state index contributed by atoms with van der Waals surface area (Å²) in [6.45, 7) is 1.93. The van der Waals surface area contributed by atoms with E-state index < -0.39 is 0 Å². The summed E-state index contributed by atoms with van der Waals surface area (Å²) in [5.41, 5.74) is 6.05. The predicted octanol–water partition coefficient (Wildman–Crippen LogP) is 1.58. The molecular formula is C16H26N2O2. The van der Waals surface area contributed by atoms with Crippen molar-refractivity contribution in [3.05, 3.63) is 0 Å². The highest BCUT2D eigenvalue weighted by Crippen LogP contribution is 2.58. The first-order valence-electron chi connectivity index (χ1n) is 8.31. The lowest BCUT2D eigenvalue weighted by Crippen LogP contribution is -2.48. The number of nitrogens with two attached hydrogens (primary N) is 1. The van der Waals surface area contributed by atoms with Crippen LogP contribution >= 0.6 is 0 Å². The molecule has 0 radical (unpaired) electrons. The summed E-state index contributed by atoms with van der Waals surface area (Å²) in [6, 6.07) is 0. The highest BCUT2D eigenvalue weighted by molar-refractivity contribution is 5.77. The van der Waals surface area contributed by atoms with Crippen LogP contribution in [-0.2, 0) is 9.53 Å². The van der Waals surface area contributed by atoms with Gasteiger partial charge in [-0.2, -0.15) is 0 Å². The Labute approximate surface area is 120 Å². The third kappa shape index (κ3) is 2.00. The number of amides is 1. The Morgan fingerprint density at radius 2 is 1.90 bits per heavy atom. The van der Waals surface area contributed by atoms with Crippen LogP contribution in [0.5, 0.6) is 0 Å². The molecule has 2 saturated heterocycles. The zero-order valence-electron chi connectivity index (χ0n) is 12.2. The lowest BCUT2D eigenvalue weighted by atomic mass is 9.72. The zero-order chi connectivity index (χ0) is 13.8. The van der Waals surface area contributed by atoms with Crippen LogP contribution in [0.2, 0.25) is 0 Å². The fourth-order valence-electron chi connectivity index (χ4n) is 5.10. The maximum atomic E-state index is 11.5. The largest absolute Gasteiger partial charge is 0.375 e. The molecule has 4 heteroatoms. The molecule has 2 heterocycles. The maximum Gasteiger partial charge on any atom is 0.220 e. The predicted molar refractivity (Wildman–Crippen MR) is 76.0 cm³/mol. The van der Waals surface area contributed by atoms with Gasteiger partial charge >= 0.3 is 0 Å². The third-order valence-corrected chi connectivity index (χ3v) is 6.59. The Balaban J connectivity index is 1.36. The van der Waals surface area contributed by atoms with Gasteiger partial charge in [-0.3, -0.25) is 4.79 Å². The SMILES string of the molecule is NC(=O)C1CCNC2(C1)CC2C1CCC2(CCO2)CC1. The minimum atomic E-state index is -0.0954. The van der Waals surface area contributed by atoms with Crippen LogP contribution in [0.1, 0.15) is 51.4 Å². The molecule has 2 saturated carbocycles. The van der Waals surface area contributed by atoms with Gasteiger partial charge in [0.2, 0.25) is 5.91 Å². The average molecular weight is 278 g/mol. The van der Waals surface area contributed by atoms with E-state index in [9.17, 15) is 4.79 Å². The molecule has 2 spiro atoms. The first kappa shape index (κ1) is 13.1. The van der Waals surface area contributed by atoms with Gasteiger partial charge in [-0.05, 0) is 69.7 Å². The second kappa shape index (κ2) is 4.44. The van der Waals surface area contributed by atoms with E-state index in [-0.39, 0.29) is 23.0 Å². The second-order valence-corrected chi connectivity index (χ2v) is 7.60. The van der Waals surface area contributed by atoms with Crippen molar-refractivity contribution in [2.45, 2.75) is 62.5 Å². The number of ether oxygens (including phenoxy) is 1. The number of carbonyl (C=O) groups is 1. The number of carbonyl (C=O) groups excluding carboxylic acids is 1. The Morgan fingerprint density at radius 3 is 2.50 bits per heavy atom. The molecular weight excluding hydrogens is 252 g/mol. The summed E-state index contributed by atoms with van der Waals surface area (Å²) in [4.78, 5) is 11.5. The van der Waals surface area contributed by atoms with Gasteiger partial charge in [-0.15, -0.1) is 0 Å². The Kier molecular flexibility index (Phi) is 2.90. The summed E-state index contributed by atoms with van der Waals surface area (Å²) in [5, 5.41) is 3.71. The van der Waals surface area contributed by atoms with Gasteiger partial charge < -0.3 is 15.8 Å². The molecule has 3 atom stereocenters. The van der Waals surface area contributed by atoms with E-state index in [1.54, 1.807) is 0 Å². The molecule has 3 unspecified atom stereocenters. The van der Waals surface area contributed by atoms with E-state index in [1.165, 1.54) is 38.5 Å². The zero-order valence-corrected chi connectivity index (χ0v) is 12.2. The van der Waals surface area contributed by atoms with Gasteiger partial charge in [0.05, 0.1) is 12.2 Å². The fourth-order valence-corrected chi connectivity index (χ4v) is 5.10. The van der Waals surface area contributed by atoms with E-state index >= 15 is 0 Å².